The van der Waals surface area contributed by atoms with Crippen LogP contribution in [0.4, 0.5) is 26.2 Å². The first-order valence-corrected chi connectivity index (χ1v) is 13.2. The van der Waals surface area contributed by atoms with Gasteiger partial charge in [0.05, 0.1) is 30.2 Å². The summed E-state index contributed by atoms with van der Waals surface area (Å²) in [6, 6.07) is 7.32. The van der Waals surface area contributed by atoms with Crippen molar-refractivity contribution in [2.75, 3.05) is 43.5 Å². The number of imidazole rings is 1. The highest BCUT2D eigenvalue weighted by molar-refractivity contribution is 5.83. The zero-order chi connectivity index (χ0) is 27.7. The minimum absolute atomic E-state index is 0.00637. The summed E-state index contributed by atoms with van der Waals surface area (Å²) in [4.78, 5) is 21.8. The Hall–Kier alpha value is -3.70. The monoisotopic (exact) mass is 536 g/mol. The Morgan fingerprint density at radius 3 is 2.51 bits per heavy atom. The van der Waals surface area contributed by atoms with E-state index in [2.05, 4.69) is 42.1 Å². The Bertz CT molecular complexity index is 1450. The molecule has 0 radical (unpaired) electrons. The lowest BCUT2D eigenvalue weighted by molar-refractivity contribution is 0.162. The number of anilines is 3. The van der Waals surface area contributed by atoms with Gasteiger partial charge in [-0.25, -0.2) is 28.7 Å². The number of nitrogens with zero attached hydrogens (tertiary/aromatic N) is 7. The third-order valence-electron chi connectivity index (χ3n) is 7.35. The molecule has 4 heterocycles. The number of nitrogens with one attached hydrogen (secondary N) is 1. The fourth-order valence-corrected chi connectivity index (χ4v) is 5.35. The van der Waals surface area contributed by atoms with E-state index in [-0.39, 0.29) is 29.8 Å². The van der Waals surface area contributed by atoms with E-state index in [0.717, 1.165) is 37.8 Å². The van der Waals surface area contributed by atoms with Crippen LogP contribution < -0.4 is 10.2 Å². The third-order valence-corrected chi connectivity index (χ3v) is 7.35. The smallest absolute Gasteiger partial charge is 0.229 e. The number of halogens is 2. The zero-order valence-corrected chi connectivity index (χ0v) is 22.7. The first-order valence-electron chi connectivity index (χ1n) is 13.2. The number of aliphatic hydroxyl groups excluding tert-OH is 1. The molecule has 5 rings (SSSR count). The Kier molecular flexibility index (Phi) is 7.72. The second kappa shape index (κ2) is 11.2. The molecule has 0 atom stereocenters. The predicted octanol–water partition coefficient (Wildman–Crippen LogP) is 4.69. The number of rotatable bonds is 8. The number of aryl methyl sites for hydroxylation is 1. The minimum Gasteiger partial charge on any atom is -0.395 e. The summed E-state index contributed by atoms with van der Waals surface area (Å²) < 4.78 is 31.7. The van der Waals surface area contributed by atoms with Crippen molar-refractivity contribution in [2.24, 2.45) is 0 Å². The summed E-state index contributed by atoms with van der Waals surface area (Å²) in [5.74, 6) is 0.189. The minimum atomic E-state index is -0.650. The molecule has 1 fully saturated rings. The van der Waals surface area contributed by atoms with Crippen molar-refractivity contribution in [1.29, 1.82) is 0 Å². The van der Waals surface area contributed by atoms with Crippen molar-refractivity contribution >= 4 is 28.5 Å². The van der Waals surface area contributed by atoms with Crippen molar-refractivity contribution in [3.8, 4) is 11.3 Å². The topological polar surface area (TPSA) is 95.2 Å². The van der Waals surface area contributed by atoms with Gasteiger partial charge in [-0.3, -0.25) is 0 Å². The lowest BCUT2D eigenvalue weighted by Gasteiger charge is -2.37. The number of likely N-dealkylation sites (N-methyl/N-ethyl adjacent to an activating group) is 1. The van der Waals surface area contributed by atoms with Crippen LogP contribution in [-0.2, 0) is 0 Å². The van der Waals surface area contributed by atoms with Crippen molar-refractivity contribution in [2.45, 2.75) is 45.7 Å². The van der Waals surface area contributed by atoms with Crippen molar-refractivity contribution in [1.82, 2.24) is 29.4 Å². The van der Waals surface area contributed by atoms with Crippen molar-refractivity contribution in [3.05, 3.63) is 54.1 Å². The van der Waals surface area contributed by atoms with Crippen molar-refractivity contribution in [3.63, 3.8) is 0 Å². The quantitative estimate of drug-likeness (QED) is 0.335. The average molecular weight is 537 g/mol. The third kappa shape index (κ3) is 5.55. The maximum Gasteiger partial charge on any atom is 0.229 e. The normalized spacial score (nSPS) is 14.6. The van der Waals surface area contributed by atoms with Crippen LogP contribution in [-0.4, -0.2) is 73.8 Å². The molecule has 39 heavy (non-hydrogen) atoms. The van der Waals surface area contributed by atoms with E-state index in [1.54, 1.807) is 12.3 Å². The lowest BCUT2D eigenvalue weighted by Crippen LogP contribution is -2.44. The first kappa shape index (κ1) is 26.9. The molecule has 206 valence electrons. The first-order chi connectivity index (χ1) is 18.7. The number of pyridine rings is 1. The van der Waals surface area contributed by atoms with Gasteiger partial charge in [-0.05, 0) is 64.9 Å². The Morgan fingerprint density at radius 1 is 1.08 bits per heavy atom. The largest absolute Gasteiger partial charge is 0.395 e. The molecule has 1 aliphatic heterocycles. The van der Waals surface area contributed by atoms with Crippen LogP contribution in [0.15, 0.2) is 36.7 Å². The molecule has 0 amide bonds. The number of hydrogen-bond acceptors (Lipinski definition) is 8. The fourth-order valence-electron chi connectivity index (χ4n) is 5.35. The summed E-state index contributed by atoms with van der Waals surface area (Å²) in [6.07, 6.45) is 4.91. The maximum absolute atomic E-state index is 15.0. The van der Waals surface area contributed by atoms with E-state index in [4.69, 9.17) is 0 Å². The molecule has 4 aromatic rings. The van der Waals surface area contributed by atoms with Gasteiger partial charge in [-0.2, -0.15) is 0 Å². The van der Waals surface area contributed by atoms with E-state index in [0.29, 0.717) is 35.3 Å². The molecule has 0 unspecified atom stereocenters. The van der Waals surface area contributed by atoms with E-state index in [1.165, 1.54) is 6.07 Å². The molecule has 2 N–H and O–H groups in total. The highest BCUT2D eigenvalue weighted by atomic mass is 19.1. The van der Waals surface area contributed by atoms with Gasteiger partial charge < -0.3 is 24.8 Å². The Balaban J connectivity index is 1.33. The number of fused-ring (bicyclic) bond motifs is 1. The number of aliphatic hydroxyl groups is 1. The average Bonchev–Trinajstić information content (AvgIpc) is 3.27. The molecule has 0 saturated carbocycles. The zero-order valence-electron chi connectivity index (χ0n) is 22.7. The Morgan fingerprint density at radius 2 is 1.85 bits per heavy atom. The summed E-state index contributed by atoms with van der Waals surface area (Å²) in [7, 11) is 2.05. The molecule has 3 aromatic heterocycles. The van der Waals surface area contributed by atoms with Gasteiger partial charge >= 0.3 is 0 Å². The highest BCUT2D eigenvalue weighted by Crippen LogP contribution is 2.30. The van der Waals surface area contributed by atoms with Gasteiger partial charge in [-0.1, -0.05) is 0 Å². The van der Waals surface area contributed by atoms with Crippen molar-refractivity contribution < 1.29 is 13.9 Å². The van der Waals surface area contributed by atoms with Crippen LogP contribution in [0.25, 0.3) is 22.3 Å². The molecule has 1 saturated heterocycles. The summed E-state index contributed by atoms with van der Waals surface area (Å²) in [5.41, 5.74) is 2.16. The summed E-state index contributed by atoms with van der Waals surface area (Å²) in [5, 5.41) is 12.2. The van der Waals surface area contributed by atoms with Crippen LogP contribution in [0.5, 0.6) is 0 Å². The molecule has 0 bridgehead atoms. The van der Waals surface area contributed by atoms with Gasteiger partial charge in [0.15, 0.2) is 11.6 Å². The summed E-state index contributed by atoms with van der Waals surface area (Å²) >= 11 is 0. The van der Waals surface area contributed by atoms with Crippen LogP contribution in [0, 0.1) is 18.6 Å². The summed E-state index contributed by atoms with van der Waals surface area (Å²) in [6.45, 7) is 8.49. The van der Waals surface area contributed by atoms with E-state index in [9.17, 15) is 13.9 Å². The van der Waals surface area contributed by atoms with Gasteiger partial charge in [0.2, 0.25) is 5.95 Å². The SMILES string of the molecule is Cc1nc2c(F)cc(-c3nc(Nc4ccc(N5CCC(N(C)CCO)CC5)cn4)ncc3F)cc2n1C(C)C. The lowest BCUT2D eigenvalue weighted by atomic mass is 10.0. The second-order valence-electron chi connectivity index (χ2n) is 10.3. The molecule has 1 aliphatic rings. The van der Waals surface area contributed by atoms with E-state index in [1.807, 2.05) is 37.5 Å². The van der Waals surface area contributed by atoms with Gasteiger partial charge in [0.25, 0.3) is 0 Å². The molecule has 0 aliphatic carbocycles. The van der Waals surface area contributed by atoms with Crippen LogP contribution >= 0.6 is 0 Å². The molecule has 1 aromatic carbocycles. The molecule has 11 heteroatoms. The molecular formula is C28H34F2N8O. The predicted molar refractivity (Wildman–Crippen MR) is 148 cm³/mol. The van der Waals surface area contributed by atoms with Crippen LogP contribution in [0.2, 0.25) is 0 Å². The Labute approximate surface area is 226 Å². The van der Waals surface area contributed by atoms with Gasteiger partial charge in [0.1, 0.15) is 22.9 Å². The number of piperidine rings is 1. The van der Waals surface area contributed by atoms with E-state index < -0.39 is 11.6 Å². The van der Waals surface area contributed by atoms with Gasteiger partial charge in [0, 0.05) is 37.3 Å². The van der Waals surface area contributed by atoms with E-state index >= 15 is 0 Å². The molecule has 9 nitrogen and oxygen atoms in total. The molecule has 0 spiro atoms. The molecular weight excluding hydrogens is 502 g/mol. The number of benzene rings is 1. The van der Waals surface area contributed by atoms with Crippen LogP contribution in [0.3, 0.4) is 0 Å². The number of hydrogen-bond donors (Lipinski definition) is 2. The van der Waals surface area contributed by atoms with Gasteiger partial charge in [-0.15, -0.1) is 0 Å². The highest BCUT2D eigenvalue weighted by Gasteiger charge is 2.23. The number of aromatic nitrogens is 5. The standard InChI is InChI=1S/C28H34F2N8O/c1-17(2)38-18(3)33-27-22(29)13-19(14-24(27)38)26-23(30)16-32-28(35-26)34-25-6-5-21(15-31-25)37-9-7-20(8-10-37)36(4)11-12-39/h5-6,13-17,20,39H,7-12H2,1-4H3,(H,31,32,34,35). The fraction of sp³-hybridized carbons (Fsp3) is 0.429. The van der Waals surface area contributed by atoms with Crippen LogP contribution in [0.1, 0.15) is 38.6 Å². The second-order valence-corrected chi connectivity index (χ2v) is 10.3. The maximum atomic E-state index is 15.0.